The zero-order chi connectivity index (χ0) is 18.8. The lowest BCUT2D eigenvalue weighted by atomic mass is 10.1. The first-order valence-electron chi connectivity index (χ1n) is 8.73. The molecule has 0 aliphatic heterocycles. The van der Waals surface area contributed by atoms with Gasteiger partial charge in [0.2, 0.25) is 0 Å². The number of hydrogen-bond acceptors (Lipinski definition) is 5. The van der Waals surface area contributed by atoms with Gasteiger partial charge in [0.25, 0.3) is 0 Å². The molecule has 0 spiro atoms. The van der Waals surface area contributed by atoms with E-state index in [2.05, 4.69) is 0 Å². The van der Waals surface area contributed by atoms with Gasteiger partial charge in [-0.05, 0) is 31.0 Å². The maximum absolute atomic E-state index is 11.9. The van der Waals surface area contributed by atoms with Crippen molar-refractivity contribution >= 4 is 5.97 Å². The van der Waals surface area contributed by atoms with Crippen LogP contribution in [0.25, 0.3) is 0 Å². The predicted octanol–water partition coefficient (Wildman–Crippen LogP) is 3.75. The number of para-hydroxylation sites is 1. The molecule has 0 saturated heterocycles. The molecular formula is C21H26O5. The molecule has 5 heteroatoms. The molecule has 2 aromatic carbocycles. The Hall–Kier alpha value is -2.37. The van der Waals surface area contributed by atoms with Crippen LogP contribution >= 0.6 is 0 Å². The minimum atomic E-state index is -0.657. The number of esters is 1. The smallest absolute Gasteiger partial charge is 0.335 e. The molecule has 0 amide bonds. The van der Waals surface area contributed by atoms with Gasteiger partial charge in [0.05, 0.1) is 13.7 Å². The second-order valence-electron chi connectivity index (χ2n) is 5.76. The first-order chi connectivity index (χ1) is 12.6. The van der Waals surface area contributed by atoms with E-state index in [0.717, 1.165) is 11.1 Å². The summed E-state index contributed by atoms with van der Waals surface area (Å²) in [4.78, 5) is 11.9. The lowest BCUT2D eigenvalue weighted by molar-refractivity contribution is -0.153. The molecule has 2 rings (SSSR count). The van der Waals surface area contributed by atoms with E-state index >= 15 is 0 Å². The fraction of sp³-hybridized carbons (Fsp3) is 0.381. The van der Waals surface area contributed by atoms with Crippen molar-refractivity contribution < 1.29 is 23.7 Å². The van der Waals surface area contributed by atoms with Crippen LogP contribution < -0.4 is 4.74 Å². The van der Waals surface area contributed by atoms with Gasteiger partial charge in [-0.25, -0.2) is 4.79 Å². The van der Waals surface area contributed by atoms with Crippen molar-refractivity contribution in [2.45, 2.75) is 39.3 Å². The van der Waals surface area contributed by atoms with Crippen LogP contribution in [0.2, 0.25) is 0 Å². The molecule has 0 aliphatic carbocycles. The highest BCUT2D eigenvalue weighted by atomic mass is 16.7. The summed E-state index contributed by atoms with van der Waals surface area (Å²) in [6.07, 6.45) is -0.711. The molecule has 0 fully saturated rings. The fourth-order valence-corrected chi connectivity index (χ4v) is 2.53. The average Bonchev–Trinajstić information content (AvgIpc) is 2.67. The lowest BCUT2D eigenvalue weighted by Gasteiger charge is -2.20. The maximum atomic E-state index is 11.9. The Morgan fingerprint density at radius 3 is 2.38 bits per heavy atom. The van der Waals surface area contributed by atoms with Gasteiger partial charge < -0.3 is 18.9 Å². The Bertz CT molecular complexity index is 671. The summed E-state index contributed by atoms with van der Waals surface area (Å²) in [6, 6.07) is 17.5. The van der Waals surface area contributed by atoms with Crippen molar-refractivity contribution in [2.24, 2.45) is 0 Å². The summed E-state index contributed by atoms with van der Waals surface area (Å²) >= 11 is 0. The molecule has 2 unspecified atom stereocenters. The Labute approximate surface area is 154 Å². The van der Waals surface area contributed by atoms with Crippen molar-refractivity contribution in [3.63, 3.8) is 0 Å². The van der Waals surface area contributed by atoms with Gasteiger partial charge in [-0.2, -0.15) is 0 Å². The molecule has 0 aromatic heterocycles. The number of rotatable bonds is 10. The van der Waals surface area contributed by atoms with Crippen LogP contribution in [0.4, 0.5) is 0 Å². The fourth-order valence-electron chi connectivity index (χ4n) is 2.53. The van der Waals surface area contributed by atoms with Gasteiger partial charge in [0, 0.05) is 13.0 Å². The van der Waals surface area contributed by atoms with Crippen LogP contribution in [0.15, 0.2) is 54.6 Å². The highest BCUT2D eigenvalue weighted by Gasteiger charge is 2.22. The van der Waals surface area contributed by atoms with Gasteiger partial charge in [-0.15, -0.1) is 0 Å². The SMILES string of the molecule is CCOC(Cc1ccccc1OC(C)OCc1ccccc1)C(=O)OC. The number of ether oxygens (including phenoxy) is 4. The third kappa shape index (κ3) is 6.17. The number of carbonyl (C=O) groups excluding carboxylic acids is 1. The van der Waals surface area contributed by atoms with E-state index in [1.165, 1.54) is 7.11 Å². The minimum Gasteiger partial charge on any atom is -0.467 e. The molecule has 26 heavy (non-hydrogen) atoms. The molecule has 140 valence electrons. The molecule has 0 aliphatic rings. The summed E-state index contributed by atoms with van der Waals surface area (Å²) in [5, 5.41) is 0. The summed E-state index contributed by atoms with van der Waals surface area (Å²) in [7, 11) is 1.36. The first kappa shape index (κ1) is 19.9. The Kier molecular flexibility index (Phi) is 8.12. The van der Waals surface area contributed by atoms with Crippen LogP contribution in [0.1, 0.15) is 25.0 Å². The first-order valence-corrected chi connectivity index (χ1v) is 8.73. The second-order valence-corrected chi connectivity index (χ2v) is 5.76. The standard InChI is InChI=1S/C21H26O5/c1-4-24-20(21(22)23-3)14-18-12-8-9-13-19(18)26-16(2)25-15-17-10-6-5-7-11-17/h5-13,16,20H,4,14-15H2,1-3H3. The van der Waals surface area contributed by atoms with E-state index in [-0.39, 0.29) is 0 Å². The third-order valence-electron chi connectivity index (χ3n) is 3.83. The van der Waals surface area contributed by atoms with E-state index in [0.29, 0.717) is 25.4 Å². The highest BCUT2D eigenvalue weighted by Crippen LogP contribution is 2.22. The van der Waals surface area contributed by atoms with Crippen molar-refractivity contribution in [2.75, 3.05) is 13.7 Å². The van der Waals surface area contributed by atoms with Crippen molar-refractivity contribution in [1.82, 2.24) is 0 Å². The van der Waals surface area contributed by atoms with Gasteiger partial charge >= 0.3 is 5.97 Å². The summed E-state index contributed by atoms with van der Waals surface area (Å²) < 4.78 is 22.0. The minimum absolute atomic E-state index is 0.377. The summed E-state index contributed by atoms with van der Waals surface area (Å²) in [6.45, 7) is 4.59. The van der Waals surface area contributed by atoms with Gasteiger partial charge in [-0.3, -0.25) is 0 Å². The molecule has 0 N–H and O–H groups in total. The highest BCUT2D eigenvalue weighted by molar-refractivity contribution is 5.75. The zero-order valence-electron chi connectivity index (χ0n) is 15.5. The summed E-state index contributed by atoms with van der Waals surface area (Å²) in [5.74, 6) is 0.275. The van der Waals surface area contributed by atoms with Crippen molar-refractivity contribution in [3.05, 3.63) is 65.7 Å². The molecule has 0 saturated carbocycles. The number of benzene rings is 2. The molecule has 5 nitrogen and oxygen atoms in total. The second kappa shape index (κ2) is 10.6. The Balaban J connectivity index is 1.99. The number of hydrogen-bond donors (Lipinski definition) is 0. The van der Waals surface area contributed by atoms with Crippen LogP contribution in [0.3, 0.4) is 0 Å². The zero-order valence-corrected chi connectivity index (χ0v) is 15.5. The molecule has 0 bridgehead atoms. The van der Waals surface area contributed by atoms with Gasteiger partial charge in [0.15, 0.2) is 12.4 Å². The topological polar surface area (TPSA) is 54.0 Å². The van der Waals surface area contributed by atoms with Gasteiger partial charge in [0.1, 0.15) is 5.75 Å². The number of carbonyl (C=O) groups is 1. The van der Waals surface area contributed by atoms with Crippen LogP contribution in [0, 0.1) is 0 Å². The van der Waals surface area contributed by atoms with Crippen LogP contribution in [-0.2, 0) is 32.0 Å². The van der Waals surface area contributed by atoms with Crippen molar-refractivity contribution in [3.8, 4) is 5.75 Å². The average molecular weight is 358 g/mol. The quantitative estimate of drug-likeness (QED) is 0.478. The normalized spacial score (nSPS) is 13.0. The van der Waals surface area contributed by atoms with Gasteiger partial charge in [-0.1, -0.05) is 48.5 Å². The van der Waals surface area contributed by atoms with E-state index in [4.69, 9.17) is 18.9 Å². The van der Waals surface area contributed by atoms with Crippen LogP contribution in [0.5, 0.6) is 5.75 Å². The van der Waals surface area contributed by atoms with Crippen LogP contribution in [-0.4, -0.2) is 32.1 Å². The molecule has 2 atom stereocenters. The predicted molar refractivity (Wildman–Crippen MR) is 98.9 cm³/mol. The lowest BCUT2D eigenvalue weighted by Crippen LogP contribution is -2.28. The Morgan fingerprint density at radius 2 is 1.69 bits per heavy atom. The molecule has 0 radical (unpaired) electrons. The van der Waals surface area contributed by atoms with E-state index in [1.807, 2.05) is 68.4 Å². The third-order valence-corrected chi connectivity index (χ3v) is 3.83. The van der Waals surface area contributed by atoms with Crippen molar-refractivity contribution in [1.29, 1.82) is 0 Å². The largest absolute Gasteiger partial charge is 0.467 e. The molecule has 2 aromatic rings. The van der Waals surface area contributed by atoms with E-state index in [1.54, 1.807) is 0 Å². The number of methoxy groups -OCH3 is 1. The molecule has 0 heterocycles. The van der Waals surface area contributed by atoms with E-state index < -0.39 is 18.4 Å². The van der Waals surface area contributed by atoms with E-state index in [9.17, 15) is 4.79 Å². The monoisotopic (exact) mass is 358 g/mol. The summed E-state index contributed by atoms with van der Waals surface area (Å²) in [5.41, 5.74) is 1.95. The Morgan fingerprint density at radius 1 is 1.00 bits per heavy atom. The molecular weight excluding hydrogens is 332 g/mol. The maximum Gasteiger partial charge on any atom is 0.335 e.